The number of carbonyl (C=O) groups excluding carboxylic acids is 1. The lowest BCUT2D eigenvalue weighted by Gasteiger charge is -2.14. The molecule has 1 heterocycles. The quantitative estimate of drug-likeness (QED) is 0.642. The molecular formula is C21H21ClN4O. The Morgan fingerprint density at radius 1 is 1.07 bits per heavy atom. The molecular weight excluding hydrogens is 360 g/mol. The van der Waals surface area contributed by atoms with Crippen LogP contribution in [0, 0.1) is 0 Å². The van der Waals surface area contributed by atoms with Gasteiger partial charge in [0.25, 0.3) is 5.91 Å². The van der Waals surface area contributed by atoms with Crippen LogP contribution in [0.15, 0.2) is 66.9 Å². The molecule has 2 aromatic carbocycles. The first kappa shape index (κ1) is 18.9. The number of carbonyl (C=O) groups is 1. The first-order valence-electron chi connectivity index (χ1n) is 8.79. The highest BCUT2D eigenvalue weighted by Crippen LogP contribution is 2.13. The molecule has 1 amide bonds. The molecule has 27 heavy (non-hydrogen) atoms. The van der Waals surface area contributed by atoms with Crippen molar-refractivity contribution in [2.24, 2.45) is 0 Å². The van der Waals surface area contributed by atoms with Gasteiger partial charge >= 0.3 is 0 Å². The van der Waals surface area contributed by atoms with Crippen LogP contribution >= 0.6 is 11.6 Å². The van der Waals surface area contributed by atoms with Crippen molar-refractivity contribution in [2.45, 2.75) is 19.4 Å². The van der Waals surface area contributed by atoms with Crippen LogP contribution in [-0.2, 0) is 6.42 Å². The summed E-state index contributed by atoms with van der Waals surface area (Å²) in [5.41, 5.74) is 2.54. The summed E-state index contributed by atoms with van der Waals surface area (Å²) in [6.45, 7) is 2.60. The lowest BCUT2D eigenvalue weighted by Crippen LogP contribution is -2.27. The summed E-state index contributed by atoms with van der Waals surface area (Å²) in [4.78, 5) is 21.0. The standard InChI is InChI=1S/C21H21ClN4O/c1-15(17-5-3-2-4-6-17)25-20(27)19-12-14-24-21(26-19)23-13-11-16-7-9-18(22)10-8-16/h2-10,12,14-15H,11,13H2,1H3,(H,25,27)(H,23,24,26). The number of benzene rings is 2. The zero-order valence-electron chi connectivity index (χ0n) is 15.0. The van der Waals surface area contributed by atoms with Crippen molar-refractivity contribution in [3.05, 3.63) is 88.7 Å². The predicted molar refractivity (Wildman–Crippen MR) is 108 cm³/mol. The molecule has 0 saturated heterocycles. The number of aromatic nitrogens is 2. The number of nitrogens with zero attached hydrogens (tertiary/aromatic N) is 2. The minimum atomic E-state index is -0.227. The molecule has 2 N–H and O–H groups in total. The molecule has 0 radical (unpaired) electrons. The number of halogens is 1. The smallest absolute Gasteiger partial charge is 0.270 e. The van der Waals surface area contributed by atoms with Crippen molar-refractivity contribution in [3.63, 3.8) is 0 Å². The first-order valence-corrected chi connectivity index (χ1v) is 9.17. The van der Waals surface area contributed by atoms with Crippen LogP contribution in [0.3, 0.4) is 0 Å². The average Bonchev–Trinajstić information content (AvgIpc) is 2.70. The van der Waals surface area contributed by atoms with Gasteiger partial charge in [0.2, 0.25) is 5.95 Å². The van der Waals surface area contributed by atoms with E-state index in [2.05, 4.69) is 20.6 Å². The number of amides is 1. The number of nitrogens with one attached hydrogen (secondary N) is 2. The van der Waals surface area contributed by atoms with E-state index in [-0.39, 0.29) is 11.9 Å². The average molecular weight is 381 g/mol. The fourth-order valence-corrected chi connectivity index (χ4v) is 2.76. The monoisotopic (exact) mass is 380 g/mol. The van der Waals surface area contributed by atoms with Gasteiger partial charge in [0.1, 0.15) is 5.69 Å². The molecule has 6 heteroatoms. The molecule has 0 saturated carbocycles. The Morgan fingerprint density at radius 2 is 1.81 bits per heavy atom. The lowest BCUT2D eigenvalue weighted by molar-refractivity contribution is 0.0935. The topological polar surface area (TPSA) is 66.9 Å². The first-order chi connectivity index (χ1) is 13.1. The second-order valence-electron chi connectivity index (χ2n) is 6.17. The van der Waals surface area contributed by atoms with Crippen LogP contribution < -0.4 is 10.6 Å². The van der Waals surface area contributed by atoms with Crippen LogP contribution in [0.5, 0.6) is 0 Å². The van der Waals surface area contributed by atoms with Gasteiger partial charge in [-0.05, 0) is 42.7 Å². The van der Waals surface area contributed by atoms with Gasteiger partial charge in [-0.2, -0.15) is 0 Å². The third kappa shape index (κ3) is 5.53. The van der Waals surface area contributed by atoms with Crippen molar-refractivity contribution in [3.8, 4) is 0 Å². The summed E-state index contributed by atoms with van der Waals surface area (Å²) in [6.07, 6.45) is 2.39. The van der Waals surface area contributed by atoms with Gasteiger partial charge in [0.15, 0.2) is 0 Å². The van der Waals surface area contributed by atoms with E-state index < -0.39 is 0 Å². The number of hydrogen-bond donors (Lipinski definition) is 2. The highest BCUT2D eigenvalue weighted by molar-refractivity contribution is 6.30. The van der Waals surface area contributed by atoms with Crippen LogP contribution in [0.4, 0.5) is 5.95 Å². The van der Waals surface area contributed by atoms with Crippen LogP contribution in [0.25, 0.3) is 0 Å². The summed E-state index contributed by atoms with van der Waals surface area (Å²) in [6, 6.07) is 19.0. The minimum absolute atomic E-state index is 0.102. The summed E-state index contributed by atoms with van der Waals surface area (Å²) in [7, 11) is 0. The second-order valence-corrected chi connectivity index (χ2v) is 6.61. The maximum absolute atomic E-state index is 12.5. The fourth-order valence-electron chi connectivity index (χ4n) is 2.64. The Morgan fingerprint density at radius 3 is 2.56 bits per heavy atom. The zero-order valence-corrected chi connectivity index (χ0v) is 15.8. The molecule has 138 valence electrons. The maximum atomic E-state index is 12.5. The van der Waals surface area contributed by atoms with Crippen LogP contribution in [0.2, 0.25) is 5.02 Å². The molecule has 0 aliphatic heterocycles. The largest absolute Gasteiger partial charge is 0.354 e. The molecule has 3 rings (SSSR count). The van der Waals surface area contributed by atoms with Gasteiger partial charge in [0, 0.05) is 17.8 Å². The Labute approximate surface area is 163 Å². The summed E-state index contributed by atoms with van der Waals surface area (Å²) < 4.78 is 0. The third-order valence-electron chi connectivity index (χ3n) is 4.15. The van der Waals surface area contributed by atoms with Crippen molar-refractivity contribution in [1.82, 2.24) is 15.3 Å². The summed E-state index contributed by atoms with van der Waals surface area (Å²) >= 11 is 5.89. The Balaban J connectivity index is 1.56. The molecule has 0 bridgehead atoms. The molecule has 0 spiro atoms. The highest BCUT2D eigenvalue weighted by Gasteiger charge is 2.13. The van der Waals surface area contributed by atoms with Gasteiger partial charge in [-0.25, -0.2) is 9.97 Å². The molecule has 5 nitrogen and oxygen atoms in total. The van der Waals surface area contributed by atoms with Crippen LogP contribution in [0.1, 0.15) is 34.6 Å². The Kier molecular flexibility index (Phi) is 6.39. The number of anilines is 1. The van der Waals surface area contributed by atoms with E-state index in [4.69, 9.17) is 11.6 Å². The third-order valence-corrected chi connectivity index (χ3v) is 4.40. The van der Waals surface area contributed by atoms with Crippen molar-refractivity contribution >= 4 is 23.5 Å². The zero-order chi connectivity index (χ0) is 19.1. The summed E-state index contributed by atoms with van der Waals surface area (Å²) in [5.74, 6) is 0.207. The van der Waals surface area contributed by atoms with E-state index in [1.807, 2.05) is 61.5 Å². The van der Waals surface area contributed by atoms with E-state index >= 15 is 0 Å². The van der Waals surface area contributed by atoms with Gasteiger partial charge in [0.05, 0.1) is 6.04 Å². The van der Waals surface area contributed by atoms with E-state index in [0.717, 1.165) is 22.6 Å². The van der Waals surface area contributed by atoms with Crippen LogP contribution in [-0.4, -0.2) is 22.4 Å². The second kappa shape index (κ2) is 9.14. The molecule has 0 aliphatic carbocycles. The molecule has 1 aromatic heterocycles. The van der Waals surface area contributed by atoms with Gasteiger partial charge in [-0.1, -0.05) is 54.1 Å². The van der Waals surface area contributed by atoms with Crippen molar-refractivity contribution < 1.29 is 4.79 Å². The summed E-state index contributed by atoms with van der Waals surface area (Å²) in [5, 5.41) is 6.83. The van der Waals surface area contributed by atoms with E-state index in [0.29, 0.717) is 18.2 Å². The predicted octanol–water partition coefficient (Wildman–Crippen LogP) is 4.28. The Bertz CT molecular complexity index is 884. The minimum Gasteiger partial charge on any atom is -0.354 e. The SMILES string of the molecule is CC(NC(=O)c1ccnc(NCCc2ccc(Cl)cc2)n1)c1ccccc1. The van der Waals surface area contributed by atoms with Gasteiger partial charge < -0.3 is 10.6 Å². The van der Waals surface area contributed by atoms with E-state index in [1.165, 1.54) is 0 Å². The van der Waals surface area contributed by atoms with E-state index in [9.17, 15) is 4.79 Å². The normalized spacial score (nSPS) is 11.6. The van der Waals surface area contributed by atoms with Crippen molar-refractivity contribution in [1.29, 1.82) is 0 Å². The van der Waals surface area contributed by atoms with Crippen molar-refractivity contribution in [2.75, 3.05) is 11.9 Å². The Hall–Kier alpha value is -2.92. The number of rotatable bonds is 7. The highest BCUT2D eigenvalue weighted by atomic mass is 35.5. The number of hydrogen-bond acceptors (Lipinski definition) is 4. The van der Waals surface area contributed by atoms with E-state index in [1.54, 1.807) is 12.3 Å². The molecule has 3 aromatic rings. The fraction of sp³-hybridized carbons (Fsp3) is 0.190. The lowest BCUT2D eigenvalue weighted by atomic mass is 10.1. The van der Waals surface area contributed by atoms with Gasteiger partial charge in [-0.15, -0.1) is 0 Å². The molecule has 1 atom stereocenters. The van der Waals surface area contributed by atoms with Gasteiger partial charge in [-0.3, -0.25) is 4.79 Å². The molecule has 1 unspecified atom stereocenters. The maximum Gasteiger partial charge on any atom is 0.270 e. The molecule has 0 aliphatic rings. The molecule has 0 fully saturated rings.